The zero-order valence-corrected chi connectivity index (χ0v) is 17.0. The van der Waals surface area contributed by atoms with Crippen molar-refractivity contribution in [1.82, 2.24) is 30.0 Å². The van der Waals surface area contributed by atoms with Crippen LogP contribution in [0.4, 0.5) is 4.79 Å². The summed E-state index contributed by atoms with van der Waals surface area (Å²) < 4.78 is 7.46. The van der Waals surface area contributed by atoms with Crippen molar-refractivity contribution in [2.24, 2.45) is 0 Å². The predicted molar refractivity (Wildman–Crippen MR) is 105 cm³/mol. The van der Waals surface area contributed by atoms with Gasteiger partial charge in [-0.3, -0.25) is 0 Å². The van der Waals surface area contributed by atoms with Crippen LogP contribution in [-0.2, 0) is 10.2 Å². The summed E-state index contributed by atoms with van der Waals surface area (Å²) in [4.78, 5) is 14.3. The second kappa shape index (κ2) is 7.66. The Morgan fingerprint density at radius 2 is 2.00 bits per heavy atom. The molecule has 28 heavy (non-hydrogen) atoms. The van der Waals surface area contributed by atoms with E-state index in [0.29, 0.717) is 6.54 Å². The standard InChI is InChI=1S/C20H30N6O2/c1-20(2,3)16-6-7-17-22-23-18(26(17)24-16)14-8-10-25(11-9-14)19(27)21-13-15-5-4-12-28-15/h6-7,14-15H,4-5,8-13H2,1-3H3,(H,21,27). The largest absolute Gasteiger partial charge is 0.376 e. The number of ether oxygens (including phenoxy) is 1. The quantitative estimate of drug-likeness (QED) is 0.876. The van der Waals surface area contributed by atoms with Crippen molar-refractivity contribution in [3.8, 4) is 0 Å². The van der Waals surface area contributed by atoms with Crippen LogP contribution in [-0.4, -0.2) is 63.1 Å². The first-order valence-corrected chi connectivity index (χ1v) is 10.3. The number of piperidine rings is 1. The molecule has 2 fully saturated rings. The molecule has 0 radical (unpaired) electrons. The molecule has 2 saturated heterocycles. The van der Waals surface area contributed by atoms with E-state index in [4.69, 9.17) is 9.84 Å². The second-order valence-electron chi connectivity index (χ2n) is 8.88. The van der Waals surface area contributed by atoms with Crippen molar-refractivity contribution in [3.63, 3.8) is 0 Å². The molecule has 2 aliphatic heterocycles. The smallest absolute Gasteiger partial charge is 0.317 e. The van der Waals surface area contributed by atoms with E-state index >= 15 is 0 Å². The average Bonchev–Trinajstić information content (AvgIpc) is 3.34. The van der Waals surface area contributed by atoms with E-state index in [1.165, 1.54) is 0 Å². The number of nitrogens with zero attached hydrogens (tertiary/aromatic N) is 5. The number of amides is 2. The number of aromatic nitrogens is 4. The molecule has 0 aliphatic carbocycles. The highest BCUT2D eigenvalue weighted by atomic mass is 16.5. The lowest BCUT2D eigenvalue weighted by Crippen LogP contribution is -2.46. The van der Waals surface area contributed by atoms with Crippen molar-refractivity contribution in [1.29, 1.82) is 0 Å². The Labute approximate surface area is 165 Å². The van der Waals surface area contributed by atoms with Gasteiger partial charge in [0.1, 0.15) is 0 Å². The highest BCUT2D eigenvalue weighted by molar-refractivity contribution is 5.74. The van der Waals surface area contributed by atoms with Gasteiger partial charge in [-0.05, 0) is 37.8 Å². The number of carbonyl (C=O) groups is 1. The second-order valence-corrected chi connectivity index (χ2v) is 8.88. The number of hydrogen-bond donors (Lipinski definition) is 1. The molecule has 0 bridgehead atoms. The van der Waals surface area contributed by atoms with Gasteiger partial charge in [-0.25, -0.2) is 4.79 Å². The predicted octanol–water partition coefficient (Wildman–Crippen LogP) is 2.49. The Bertz CT molecular complexity index is 829. The maximum Gasteiger partial charge on any atom is 0.317 e. The van der Waals surface area contributed by atoms with E-state index in [0.717, 1.165) is 62.5 Å². The minimum atomic E-state index is -0.0276. The van der Waals surface area contributed by atoms with Gasteiger partial charge in [0.2, 0.25) is 0 Å². The van der Waals surface area contributed by atoms with E-state index in [1.807, 2.05) is 21.5 Å². The molecule has 1 N–H and O–H groups in total. The molecule has 0 aromatic carbocycles. The fraction of sp³-hybridized carbons (Fsp3) is 0.700. The van der Waals surface area contributed by atoms with Gasteiger partial charge in [0.05, 0.1) is 11.8 Å². The van der Waals surface area contributed by atoms with Crippen LogP contribution < -0.4 is 5.32 Å². The van der Waals surface area contributed by atoms with Crippen molar-refractivity contribution >= 4 is 11.7 Å². The minimum absolute atomic E-state index is 0.00759. The molecule has 1 unspecified atom stereocenters. The third-order valence-electron chi connectivity index (χ3n) is 5.71. The lowest BCUT2D eigenvalue weighted by atomic mass is 9.92. The number of likely N-dealkylation sites (tertiary alicyclic amines) is 1. The van der Waals surface area contributed by atoms with Gasteiger partial charge in [0.25, 0.3) is 0 Å². The van der Waals surface area contributed by atoms with Gasteiger partial charge < -0.3 is 15.0 Å². The molecule has 2 aromatic rings. The van der Waals surface area contributed by atoms with Crippen molar-refractivity contribution < 1.29 is 9.53 Å². The fourth-order valence-corrected chi connectivity index (χ4v) is 3.92. The van der Waals surface area contributed by atoms with Gasteiger partial charge in [-0.15, -0.1) is 10.2 Å². The summed E-state index contributed by atoms with van der Waals surface area (Å²) in [6.07, 6.45) is 4.03. The Morgan fingerprint density at radius 3 is 2.68 bits per heavy atom. The molecule has 2 aromatic heterocycles. The highest BCUT2D eigenvalue weighted by Gasteiger charge is 2.28. The van der Waals surface area contributed by atoms with E-state index in [1.54, 1.807) is 0 Å². The van der Waals surface area contributed by atoms with Crippen molar-refractivity contribution in [3.05, 3.63) is 23.7 Å². The highest BCUT2D eigenvalue weighted by Crippen LogP contribution is 2.28. The molecular formula is C20H30N6O2. The van der Waals surface area contributed by atoms with Crippen LogP contribution in [0.1, 0.15) is 63.9 Å². The average molecular weight is 387 g/mol. The number of urea groups is 1. The summed E-state index contributed by atoms with van der Waals surface area (Å²) in [5.41, 5.74) is 1.77. The van der Waals surface area contributed by atoms with Crippen LogP contribution in [0, 0.1) is 0 Å². The van der Waals surface area contributed by atoms with E-state index in [2.05, 4.69) is 36.3 Å². The number of hydrogen-bond acceptors (Lipinski definition) is 5. The molecule has 4 heterocycles. The Morgan fingerprint density at radius 1 is 1.21 bits per heavy atom. The first-order valence-electron chi connectivity index (χ1n) is 10.3. The number of rotatable bonds is 3. The van der Waals surface area contributed by atoms with E-state index in [9.17, 15) is 4.79 Å². The first kappa shape index (κ1) is 19.1. The molecule has 2 amide bonds. The minimum Gasteiger partial charge on any atom is -0.376 e. The first-order chi connectivity index (χ1) is 13.4. The summed E-state index contributed by atoms with van der Waals surface area (Å²) in [5, 5.41) is 16.5. The third kappa shape index (κ3) is 3.97. The van der Waals surface area contributed by atoms with E-state index < -0.39 is 0 Å². The van der Waals surface area contributed by atoms with Crippen molar-refractivity contribution in [2.75, 3.05) is 26.2 Å². The zero-order valence-electron chi connectivity index (χ0n) is 17.0. The van der Waals surface area contributed by atoms with Crippen LogP contribution in [0.15, 0.2) is 12.1 Å². The van der Waals surface area contributed by atoms with Crippen LogP contribution in [0.25, 0.3) is 5.65 Å². The fourth-order valence-electron chi connectivity index (χ4n) is 3.92. The Balaban J connectivity index is 1.38. The molecule has 2 aliphatic rings. The van der Waals surface area contributed by atoms with Crippen LogP contribution in [0.5, 0.6) is 0 Å². The summed E-state index contributed by atoms with van der Waals surface area (Å²) in [7, 11) is 0. The van der Waals surface area contributed by atoms with E-state index in [-0.39, 0.29) is 23.5 Å². The number of fused-ring (bicyclic) bond motifs is 1. The topological polar surface area (TPSA) is 84.7 Å². The monoisotopic (exact) mass is 386 g/mol. The molecular weight excluding hydrogens is 356 g/mol. The Hall–Kier alpha value is -2.22. The van der Waals surface area contributed by atoms with Crippen molar-refractivity contribution in [2.45, 2.75) is 63.9 Å². The normalized spacial score (nSPS) is 21.4. The van der Waals surface area contributed by atoms with Gasteiger partial charge in [0, 0.05) is 37.6 Å². The maximum absolute atomic E-state index is 12.4. The molecule has 0 spiro atoms. The molecule has 8 nitrogen and oxygen atoms in total. The SMILES string of the molecule is CC(C)(C)c1ccc2nnc(C3CCN(C(=O)NCC4CCCO4)CC3)n2n1. The van der Waals surface area contributed by atoms with Gasteiger partial charge in [0.15, 0.2) is 11.5 Å². The lowest BCUT2D eigenvalue weighted by molar-refractivity contribution is 0.108. The summed E-state index contributed by atoms with van der Waals surface area (Å²) in [5.74, 6) is 1.17. The number of nitrogens with one attached hydrogen (secondary N) is 1. The Kier molecular flexibility index (Phi) is 5.23. The molecule has 1 atom stereocenters. The van der Waals surface area contributed by atoms with Gasteiger partial charge in [-0.2, -0.15) is 9.61 Å². The van der Waals surface area contributed by atoms with Gasteiger partial charge >= 0.3 is 6.03 Å². The molecule has 0 saturated carbocycles. The summed E-state index contributed by atoms with van der Waals surface area (Å²) in [6.45, 7) is 9.30. The third-order valence-corrected chi connectivity index (χ3v) is 5.71. The molecule has 8 heteroatoms. The zero-order chi connectivity index (χ0) is 19.7. The summed E-state index contributed by atoms with van der Waals surface area (Å²) >= 11 is 0. The number of carbonyl (C=O) groups excluding carboxylic acids is 1. The lowest BCUT2D eigenvalue weighted by Gasteiger charge is -2.31. The van der Waals surface area contributed by atoms with Crippen LogP contribution >= 0.6 is 0 Å². The van der Waals surface area contributed by atoms with Gasteiger partial charge in [-0.1, -0.05) is 20.8 Å². The van der Waals surface area contributed by atoms with Crippen LogP contribution in [0.2, 0.25) is 0 Å². The summed E-state index contributed by atoms with van der Waals surface area (Å²) in [6, 6.07) is 4.01. The molecule has 152 valence electrons. The molecule has 4 rings (SSSR count). The maximum atomic E-state index is 12.4. The van der Waals surface area contributed by atoms with Crippen LogP contribution in [0.3, 0.4) is 0 Å².